The van der Waals surface area contributed by atoms with Gasteiger partial charge < -0.3 is 10.0 Å². The summed E-state index contributed by atoms with van der Waals surface area (Å²) in [5, 5.41) is 11.1. The number of aromatic carboxylic acids is 1. The molecule has 2 aromatic carbocycles. The fourth-order valence-electron chi connectivity index (χ4n) is 4.93. The lowest BCUT2D eigenvalue weighted by molar-refractivity contribution is -0.504. The lowest BCUT2D eigenvalue weighted by atomic mass is 9.87. The summed E-state index contributed by atoms with van der Waals surface area (Å²) in [5.74, 6) is -1.26. The predicted molar refractivity (Wildman–Crippen MR) is 146 cm³/mol. The van der Waals surface area contributed by atoms with E-state index in [2.05, 4.69) is 0 Å². The van der Waals surface area contributed by atoms with E-state index in [0.717, 1.165) is 0 Å². The number of hydrogen-bond donors (Lipinski definition) is 1. The van der Waals surface area contributed by atoms with Crippen molar-refractivity contribution in [2.45, 2.75) is 38.6 Å². The smallest absolute Gasteiger partial charge is 0.336 e. The van der Waals surface area contributed by atoms with Crippen molar-refractivity contribution in [1.82, 2.24) is 0 Å². The van der Waals surface area contributed by atoms with E-state index in [4.69, 9.17) is 21.9 Å². The van der Waals surface area contributed by atoms with Crippen molar-refractivity contribution in [3.05, 3.63) is 88.2 Å². The van der Waals surface area contributed by atoms with Gasteiger partial charge in [0, 0.05) is 60.0 Å². The second-order valence-corrected chi connectivity index (χ2v) is 13.3. The van der Waals surface area contributed by atoms with Gasteiger partial charge in [-0.2, -0.15) is 0 Å². The zero-order valence-electron chi connectivity index (χ0n) is 35.0. The standard InChI is InChI=1S/C30H32N2O2Si/c1-35(2)27-19-21(31-15-5-6-16-31)11-13-25(27)29(23-9-3-4-10-24(23)30(33)34)26-14-12-22(20-28(26)35)32-17-7-8-18-32/h3-4,9-14,19-20H,5-8,15-18H2,1-2H3/p+1/i5D2,6D2,7D2,8D2,15D2,16D2,17D2,18D2. The lowest BCUT2D eigenvalue weighted by Gasteiger charge is -2.38. The number of carboxylic acids is 1. The molecule has 35 heavy (non-hydrogen) atoms. The number of allylic oxidation sites excluding steroid dienone is 5. The van der Waals surface area contributed by atoms with Crippen molar-refractivity contribution in [1.29, 1.82) is 0 Å². The summed E-state index contributed by atoms with van der Waals surface area (Å²) in [6, 6.07) is 10.3. The van der Waals surface area contributed by atoms with Gasteiger partial charge in [0.1, 0.15) is 26.6 Å². The molecule has 3 aliphatic heterocycles. The van der Waals surface area contributed by atoms with Crippen LogP contribution in [0.3, 0.4) is 0 Å². The van der Waals surface area contributed by atoms with Crippen LogP contribution in [0.4, 0.5) is 5.69 Å². The molecule has 0 unspecified atom stereocenters. The van der Waals surface area contributed by atoms with Crippen LogP contribution in [0.2, 0.25) is 13.1 Å². The quantitative estimate of drug-likeness (QED) is 0.479. The Bertz CT molecular complexity index is 1990. The van der Waals surface area contributed by atoms with Crippen molar-refractivity contribution in [2.75, 3.05) is 30.9 Å². The topological polar surface area (TPSA) is 43.5 Å². The van der Waals surface area contributed by atoms with Crippen LogP contribution >= 0.6 is 0 Å². The first-order chi connectivity index (χ1) is 23.0. The van der Waals surface area contributed by atoms with E-state index in [1.807, 2.05) is 13.1 Å². The van der Waals surface area contributed by atoms with Crippen molar-refractivity contribution < 1.29 is 36.4 Å². The molecule has 0 aromatic heterocycles. The van der Waals surface area contributed by atoms with Crippen molar-refractivity contribution in [3.8, 4) is 0 Å². The third-order valence-corrected chi connectivity index (χ3v) is 10.2. The minimum absolute atomic E-state index is 0.0962. The highest BCUT2D eigenvalue weighted by atomic mass is 28.3. The highest BCUT2D eigenvalue weighted by Crippen LogP contribution is 2.43. The Balaban J connectivity index is 1.70. The molecule has 6 rings (SSSR count). The summed E-state index contributed by atoms with van der Waals surface area (Å²) >= 11 is 0. The maximum absolute atomic E-state index is 12.5. The third kappa shape index (κ3) is 3.64. The molecule has 0 bridgehead atoms. The minimum Gasteiger partial charge on any atom is -0.478 e. The highest BCUT2D eigenvalue weighted by Gasteiger charge is 2.41. The van der Waals surface area contributed by atoms with Gasteiger partial charge in [-0.3, -0.25) is 0 Å². The molecule has 1 aliphatic carbocycles. The van der Waals surface area contributed by atoms with Crippen molar-refractivity contribution in [3.63, 3.8) is 0 Å². The van der Waals surface area contributed by atoms with Crippen LogP contribution < -0.4 is 10.1 Å². The maximum Gasteiger partial charge on any atom is 0.336 e. The summed E-state index contributed by atoms with van der Waals surface area (Å²) < 4.78 is 136. The molecule has 1 N–H and O–H groups in total. The molecule has 3 heterocycles. The van der Waals surface area contributed by atoms with Gasteiger partial charge in [0.25, 0.3) is 0 Å². The molecule has 0 radical (unpaired) electrons. The number of benzene rings is 2. The van der Waals surface area contributed by atoms with Gasteiger partial charge >= 0.3 is 5.97 Å². The van der Waals surface area contributed by atoms with Gasteiger partial charge in [-0.25, -0.2) is 9.37 Å². The number of anilines is 1. The average Bonchev–Trinajstić information content (AvgIpc) is 3.12. The summed E-state index contributed by atoms with van der Waals surface area (Å²) in [4.78, 5) is 12.9. The van der Waals surface area contributed by atoms with E-state index in [1.165, 1.54) is 48.6 Å². The Morgan fingerprint density at radius 2 is 1.74 bits per heavy atom. The zero-order chi connectivity index (χ0) is 38.5. The third-order valence-electron chi connectivity index (χ3n) is 6.63. The fraction of sp³-hybridized carbons (Fsp3) is 0.333. The predicted octanol–water partition coefficient (Wildman–Crippen LogP) is 5.00. The van der Waals surface area contributed by atoms with Crippen molar-refractivity contribution >= 4 is 36.2 Å². The normalized spacial score (nSPS) is 39.0. The van der Waals surface area contributed by atoms with Crippen LogP contribution in [0.1, 0.15) is 68.9 Å². The number of fused-ring (bicyclic) bond motifs is 2. The Morgan fingerprint density at radius 3 is 2.49 bits per heavy atom. The van der Waals surface area contributed by atoms with Gasteiger partial charge in [-0.15, -0.1) is 0 Å². The summed E-state index contributed by atoms with van der Waals surface area (Å²) in [7, 11) is -3.23. The Hall–Kier alpha value is -3.18. The summed E-state index contributed by atoms with van der Waals surface area (Å²) in [5.41, 5.74) is 1.05. The highest BCUT2D eigenvalue weighted by molar-refractivity contribution is 6.98. The van der Waals surface area contributed by atoms with Crippen LogP contribution in [-0.2, 0) is 0 Å². The molecule has 5 heteroatoms. The van der Waals surface area contributed by atoms with Gasteiger partial charge in [0.15, 0.2) is 5.71 Å². The molecule has 0 amide bonds. The van der Waals surface area contributed by atoms with E-state index in [-0.39, 0.29) is 22.5 Å². The van der Waals surface area contributed by atoms with E-state index in [0.29, 0.717) is 36.6 Å². The number of hydrogen-bond acceptors (Lipinski definition) is 2. The molecule has 2 saturated heterocycles. The van der Waals surface area contributed by atoms with Gasteiger partial charge in [-0.1, -0.05) is 37.4 Å². The molecule has 2 fully saturated rings. The largest absolute Gasteiger partial charge is 0.478 e. The van der Waals surface area contributed by atoms with E-state index < -0.39 is 65.5 Å². The second kappa shape index (κ2) is 8.49. The van der Waals surface area contributed by atoms with E-state index in [9.17, 15) is 9.90 Å². The zero-order valence-corrected chi connectivity index (χ0v) is 20.0. The van der Waals surface area contributed by atoms with E-state index in [1.54, 1.807) is 12.1 Å². The van der Waals surface area contributed by atoms with Crippen LogP contribution in [0, 0.1) is 0 Å². The summed E-state index contributed by atoms with van der Waals surface area (Å²) in [6.07, 6.45) is -8.99. The number of carboxylic acid groups (broad SMARTS) is 1. The Labute approximate surface area is 231 Å². The van der Waals surface area contributed by atoms with Gasteiger partial charge in [-0.05, 0) is 69.7 Å². The fourth-order valence-corrected chi connectivity index (χ4v) is 8.00. The van der Waals surface area contributed by atoms with Gasteiger partial charge in [0.05, 0.1) is 5.56 Å². The lowest BCUT2D eigenvalue weighted by Crippen LogP contribution is -2.50. The minimum atomic E-state index is -3.31. The molecular formula is C30H33N2O2Si+. The van der Waals surface area contributed by atoms with Crippen LogP contribution in [0.15, 0.2) is 71.5 Å². The molecule has 178 valence electrons. The number of rotatable bonds is 3. The SMILES string of the molecule is [2H]C1([2H])N(c2ccc3c(c2)[Si](C)(C)C2=CC(=[N+]4C([2H])([2H])C([2H])([2H])C([2H])([2H])C4([2H])[2H])C=CC2=C3c2ccccc2C(=O)O)C([2H])([2H])C([2H])([2H])C1([2H])[2H]. The first kappa shape index (κ1) is 10.8. The molecule has 0 atom stereocenters. The Kier molecular flexibility index (Phi) is 2.63. The second-order valence-electron chi connectivity index (χ2n) is 8.93. The monoisotopic (exact) mass is 497 g/mol. The molecular weight excluding hydrogens is 448 g/mol. The molecule has 0 spiro atoms. The first-order valence-corrected chi connectivity index (χ1v) is 14.1. The molecule has 4 nitrogen and oxygen atoms in total. The van der Waals surface area contributed by atoms with Crippen LogP contribution in [-0.4, -0.2) is 55.4 Å². The van der Waals surface area contributed by atoms with E-state index >= 15 is 0 Å². The van der Waals surface area contributed by atoms with Crippen molar-refractivity contribution in [2.24, 2.45) is 0 Å². The van der Waals surface area contributed by atoms with Crippen LogP contribution in [0.25, 0.3) is 5.57 Å². The number of nitrogens with zero attached hydrogens (tertiary/aromatic N) is 2. The molecule has 4 aliphatic rings. The molecule has 2 aromatic rings. The summed E-state index contributed by atoms with van der Waals surface area (Å²) in [6.45, 7) is -9.09. The first-order valence-electron chi connectivity index (χ1n) is 19.1. The maximum atomic E-state index is 12.5. The van der Waals surface area contributed by atoms with Crippen LogP contribution in [0.5, 0.6) is 0 Å². The average molecular weight is 498 g/mol. The Morgan fingerprint density at radius 1 is 1.00 bits per heavy atom. The molecule has 0 saturated carbocycles. The van der Waals surface area contributed by atoms with Gasteiger partial charge in [0.2, 0.25) is 0 Å². The number of carbonyl (C=O) groups is 1.